The molecule has 0 fully saturated rings. The van der Waals surface area contributed by atoms with E-state index in [1.807, 2.05) is 74.5 Å². The normalized spacial score (nSPS) is 11.6. The second kappa shape index (κ2) is 11.4. The fraction of sp³-hybridized carbons (Fsp3) is 0.364. The molecule has 0 heterocycles. The molecule has 0 spiro atoms. The molecule has 1 unspecified atom stereocenters. The van der Waals surface area contributed by atoms with Gasteiger partial charge in [-0.15, -0.1) is 11.8 Å². The molecule has 0 radical (unpaired) electrons. The van der Waals surface area contributed by atoms with Crippen LogP contribution >= 0.6 is 11.8 Å². The van der Waals surface area contributed by atoms with E-state index in [1.165, 1.54) is 0 Å². The molecule has 0 saturated heterocycles. The third-order valence-corrected chi connectivity index (χ3v) is 5.27. The average molecular weight is 385 g/mol. The number of hydrogen-bond acceptors (Lipinski definition) is 3. The van der Waals surface area contributed by atoms with Crippen molar-refractivity contribution in [1.29, 1.82) is 0 Å². The van der Waals surface area contributed by atoms with Gasteiger partial charge in [-0.05, 0) is 31.0 Å². The lowest BCUT2D eigenvalue weighted by Crippen LogP contribution is -2.49. The zero-order chi connectivity index (χ0) is 19.5. The molecule has 2 amide bonds. The fourth-order valence-electron chi connectivity index (χ4n) is 2.91. The van der Waals surface area contributed by atoms with Crippen LogP contribution in [0, 0.1) is 0 Å². The Bertz CT molecular complexity index is 707. The van der Waals surface area contributed by atoms with Crippen LogP contribution in [0.5, 0.6) is 0 Å². The minimum Gasteiger partial charge on any atom is -0.355 e. The Labute approximate surface area is 166 Å². The zero-order valence-corrected chi connectivity index (χ0v) is 16.9. The Morgan fingerprint density at radius 1 is 1.00 bits per heavy atom. The van der Waals surface area contributed by atoms with E-state index in [4.69, 9.17) is 0 Å². The Kier molecular flexibility index (Phi) is 8.92. The van der Waals surface area contributed by atoms with E-state index in [2.05, 4.69) is 5.32 Å². The molecular formula is C22H28N2O2S. The Hall–Kier alpha value is -2.27. The third-order valence-electron chi connectivity index (χ3n) is 4.26. The lowest BCUT2D eigenvalue weighted by atomic mass is 10.1. The molecule has 27 heavy (non-hydrogen) atoms. The number of rotatable bonds is 10. The van der Waals surface area contributed by atoms with Crippen LogP contribution in [0.15, 0.2) is 65.6 Å². The van der Waals surface area contributed by atoms with Crippen LogP contribution in [-0.4, -0.2) is 35.1 Å². The minimum absolute atomic E-state index is 0.0142. The second-order valence-electron chi connectivity index (χ2n) is 6.24. The van der Waals surface area contributed by atoms with Crippen LogP contribution in [0.25, 0.3) is 0 Å². The lowest BCUT2D eigenvalue weighted by Gasteiger charge is -2.30. The number of hydrogen-bond donors (Lipinski definition) is 1. The molecule has 2 aromatic carbocycles. The van der Waals surface area contributed by atoms with Gasteiger partial charge in [-0.2, -0.15) is 0 Å². The van der Waals surface area contributed by atoms with Crippen molar-refractivity contribution in [1.82, 2.24) is 10.2 Å². The third kappa shape index (κ3) is 6.75. The Balaban J connectivity index is 2.07. The smallest absolute Gasteiger partial charge is 0.242 e. The average Bonchev–Trinajstić information content (AvgIpc) is 2.69. The summed E-state index contributed by atoms with van der Waals surface area (Å²) in [5.74, 6) is 0.625. The van der Waals surface area contributed by atoms with Gasteiger partial charge >= 0.3 is 0 Å². The highest BCUT2D eigenvalue weighted by molar-refractivity contribution is 7.99. The van der Waals surface area contributed by atoms with Gasteiger partial charge in [-0.25, -0.2) is 0 Å². The van der Waals surface area contributed by atoms with Crippen molar-refractivity contribution in [3.8, 4) is 0 Å². The molecule has 2 aromatic rings. The van der Waals surface area contributed by atoms with Gasteiger partial charge in [0.15, 0.2) is 0 Å². The van der Waals surface area contributed by atoms with E-state index in [-0.39, 0.29) is 11.8 Å². The SMILES string of the molecule is CCNC(=O)C(CC)N(Cc1ccccc1)C(=O)CCSc1ccccc1. The van der Waals surface area contributed by atoms with Gasteiger partial charge in [0.25, 0.3) is 0 Å². The van der Waals surface area contributed by atoms with Crippen molar-refractivity contribution in [3.63, 3.8) is 0 Å². The second-order valence-corrected chi connectivity index (χ2v) is 7.41. The van der Waals surface area contributed by atoms with E-state index >= 15 is 0 Å². The van der Waals surface area contributed by atoms with Gasteiger partial charge in [0.1, 0.15) is 6.04 Å². The molecule has 1 atom stereocenters. The fourth-order valence-corrected chi connectivity index (χ4v) is 3.77. The molecule has 0 aliphatic rings. The maximum atomic E-state index is 13.0. The number of amides is 2. The molecule has 4 nitrogen and oxygen atoms in total. The standard InChI is InChI=1S/C22H28N2O2S/c1-3-20(22(26)23-4-2)24(17-18-11-7-5-8-12-18)21(25)15-16-27-19-13-9-6-10-14-19/h5-14,20H,3-4,15-17H2,1-2H3,(H,23,26). The van der Waals surface area contributed by atoms with Crippen molar-refractivity contribution in [2.45, 2.75) is 44.2 Å². The van der Waals surface area contributed by atoms with Crippen LogP contribution in [0.1, 0.15) is 32.3 Å². The highest BCUT2D eigenvalue weighted by Gasteiger charge is 2.27. The van der Waals surface area contributed by atoms with Crippen molar-refractivity contribution in [3.05, 3.63) is 66.2 Å². The maximum absolute atomic E-state index is 13.0. The Morgan fingerprint density at radius 3 is 2.22 bits per heavy atom. The van der Waals surface area contributed by atoms with E-state index in [1.54, 1.807) is 16.7 Å². The van der Waals surface area contributed by atoms with Gasteiger partial charge in [-0.3, -0.25) is 9.59 Å². The number of thioether (sulfide) groups is 1. The zero-order valence-electron chi connectivity index (χ0n) is 16.1. The summed E-state index contributed by atoms with van der Waals surface area (Å²) < 4.78 is 0. The molecule has 0 aliphatic carbocycles. The van der Waals surface area contributed by atoms with E-state index in [0.717, 1.165) is 10.5 Å². The van der Waals surface area contributed by atoms with Gasteiger partial charge in [0, 0.05) is 30.2 Å². The monoisotopic (exact) mass is 384 g/mol. The molecule has 0 aliphatic heterocycles. The van der Waals surface area contributed by atoms with Crippen LogP contribution in [0.4, 0.5) is 0 Å². The summed E-state index contributed by atoms with van der Waals surface area (Å²) in [7, 11) is 0. The first kappa shape index (κ1) is 21.0. The summed E-state index contributed by atoms with van der Waals surface area (Å²) >= 11 is 1.66. The van der Waals surface area contributed by atoms with Gasteiger partial charge in [0.05, 0.1) is 0 Å². The predicted molar refractivity (Wildman–Crippen MR) is 112 cm³/mol. The minimum atomic E-state index is -0.445. The summed E-state index contributed by atoms with van der Waals surface area (Å²) in [6, 6.07) is 19.4. The van der Waals surface area contributed by atoms with Crippen molar-refractivity contribution in [2.75, 3.05) is 12.3 Å². The summed E-state index contributed by atoms with van der Waals surface area (Å²) in [6.07, 6.45) is 0.999. The number of likely N-dealkylation sites (N-methyl/N-ethyl adjacent to an activating group) is 1. The Morgan fingerprint density at radius 2 is 1.63 bits per heavy atom. The number of carbonyl (C=O) groups is 2. The van der Waals surface area contributed by atoms with Crippen LogP contribution in [-0.2, 0) is 16.1 Å². The van der Waals surface area contributed by atoms with Crippen molar-refractivity contribution >= 4 is 23.6 Å². The number of benzene rings is 2. The lowest BCUT2D eigenvalue weighted by molar-refractivity contribution is -0.141. The van der Waals surface area contributed by atoms with Gasteiger partial charge < -0.3 is 10.2 Å². The highest BCUT2D eigenvalue weighted by Crippen LogP contribution is 2.20. The topological polar surface area (TPSA) is 49.4 Å². The molecule has 2 rings (SSSR count). The largest absolute Gasteiger partial charge is 0.355 e. The quantitative estimate of drug-likeness (QED) is 0.627. The summed E-state index contributed by atoms with van der Waals surface area (Å²) in [4.78, 5) is 28.4. The number of nitrogens with one attached hydrogen (secondary N) is 1. The van der Waals surface area contributed by atoms with Crippen LogP contribution in [0.2, 0.25) is 0 Å². The molecule has 144 valence electrons. The molecule has 1 N–H and O–H groups in total. The first-order chi connectivity index (χ1) is 13.2. The van der Waals surface area contributed by atoms with E-state index in [9.17, 15) is 9.59 Å². The van der Waals surface area contributed by atoms with Gasteiger partial charge in [0.2, 0.25) is 11.8 Å². The van der Waals surface area contributed by atoms with E-state index in [0.29, 0.717) is 31.7 Å². The number of nitrogens with zero attached hydrogens (tertiary/aromatic N) is 1. The summed E-state index contributed by atoms with van der Waals surface area (Å²) in [5, 5.41) is 2.86. The van der Waals surface area contributed by atoms with Crippen LogP contribution in [0.3, 0.4) is 0 Å². The van der Waals surface area contributed by atoms with Crippen LogP contribution < -0.4 is 5.32 Å². The predicted octanol–water partition coefficient (Wildman–Crippen LogP) is 4.11. The van der Waals surface area contributed by atoms with Crippen molar-refractivity contribution in [2.24, 2.45) is 0 Å². The first-order valence-electron chi connectivity index (χ1n) is 9.44. The van der Waals surface area contributed by atoms with Crippen molar-refractivity contribution < 1.29 is 9.59 Å². The molecule has 0 aromatic heterocycles. The maximum Gasteiger partial charge on any atom is 0.242 e. The highest BCUT2D eigenvalue weighted by atomic mass is 32.2. The summed E-state index contributed by atoms with van der Waals surface area (Å²) in [5.41, 5.74) is 1.03. The summed E-state index contributed by atoms with van der Waals surface area (Å²) in [6.45, 7) is 4.85. The molecular weight excluding hydrogens is 356 g/mol. The van der Waals surface area contributed by atoms with E-state index < -0.39 is 6.04 Å². The molecule has 0 saturated carbocycles. The first-order valence-corrected chi connectivity index (χ1v) is 10.4. The molecule has 5 heteroatoms. The molecule has 0 bridgehead atoms. The van der Waals surface area contributed by atoms with Gasteiger partial charge in [-0.1, -0.05) is 55.5 Å². The number of carbonyl (C=O) groups excluding carboxylic acids is 2.